The van der Waals surface area contributed by atoms with Gasteiger partial charge < -0.3 is 10.1 Å². The molecule has 0 atom stereocenters. The highest BCUT2D eigenvalue weighted by molar-refractivity contribution is 7.92. The van der Waals surface area contributed by atoms with Crippen LogP contribution in [0.15, 0.2) is 42.5 Å². The van der Waals surface area contributed by atoms with Crippen molar-refractivity contribution >= 4 is 33.0 Å². The minimum absolute atomic E-state index is 0.0717. The van der Waals surface area contributed by atoms with E-state index in [2.05, 4.69) is 5.32 Å². The van der Waals surface area contributed by atoms with Crippen molar-refractivity contribution in [2.24, 2.45) is 0 Å². The van der Waals surface area contributed by atoms with Crippen LogP contribution in [0.5, 0.6) is 5.75 Å². The number of rotatable bonds is 7. The lowest BCUT2D eigenvalue weighted by molar-refractivity contribution is -0.384. The normalized spacial score (nSPS) is 11.6. The van der Waals surface area contributed by atoms with E-state index in [9.17, 15) is 36.5 Å². The fraction of sp³-hybridized carbons (Fsp3) is 0.235. The largest absolute Gasteiger partial charge is 0.495 e. The molecule has 30 heavy (non-hydrogen) atoms. The van der Waals surface area contributed by atoms with Crippen LogP contribution >= 0.6 is 0 Å². The van der Waals surface area contributed by atoms with Crippen LogP contribution in [-0.4, -0.2) is 39.2 Å². The number of halogens is 3. The molecule has 0 saturated carbocycles. The highest BCUT2D eigenvalue weighted by Crippen LogP contribution is 2.31. The quantitative estimate of drug-likeness (QED) is 0.515. The number of nitrogens with zero attached hydrogens (tertiary/aromatic N) is 2. The van der Waals surface area contributed by atoms with Crippen molar-refractivity contribution in [3.63, 3.8) is 0 Å². The Bertz CT molecular complexity index is 1060. The molecule has 1 N–H and O–H groups in total. The number of anilines is 2. The van der Waals surface area contributed by atoms with Crippen LogP contribution in [-0.2, 0) is 21.0 Å². The van der Waals surface area contributed by atoms with Crippen molar-refractivity contribution < 1.29 is 36.0 Å². The second kappa shape index (κ2) is 8.57. The van der Waals surface area contributed by atoms with E-state index in [0.29, 0.717) is 16.4 Å². The van der Waals surface area contributed by atoms with Gasteiger partial charge in [0.1, 0.15) is 12.3 Å². The molecule has 0 fully saturated rings. The number of methoxy groups -OCH3 is 1. The van der Waals surface area contributed by atoms with E-state index in [1.54, 1.807) is 0 Å². The van der Waals surface area contributed by atoms with E-state index in [0.717, 1.165) is 30.5 Å². The summed E-state index contributed by atoms with van der Waals surface area (Å²) < 4.78 is 67.9. The van der Waals surface area contributed by atoms with Gasteiger partial charge in [-0.15, -0.1) is 0 Å². The third-order valence-corrected chi connectivity index (χ3v) is 4.98. The third kappa shape index (κ3) is 5.59. The van der Waals surface area contributed by atoms with Crippen LogP contribution in [0.3, 0.4) is 0 Å². The molecule has 2 rings (SSSR count). The number of carbonyl (C=O) groups excluding carboxylic acids is 1. The van der Waals surface area contributed by atoms with Gasteiger partial charge in [-0.2, -0.15) is 13.2 Å². The number of alkyl halides is 3. The summed E-state index contributed by atoms with van der Waals surface area (Å²) >= 11 is 0. The predicted octanol–water partition coefficient (Wildman–Crippen LogP) is 3.03. The number of nitro groups is 1. The van der Waals surface area contributed by atoms with Crippen LogP contribution in [0.4, 0.5) is 30.2 Å². The topological polar surface area (TPSA) is 119 Å². The molecule has 0 saturated heterocycles. The second-order valence-electron chi connectivity index (χ2n) is 6.00. The Morgan fingerprint density at radius 2 is 1.80 bits per heavy atom. The molecule has 13 heteroatoms. The Kier molecular flexibility index (Phi) is 6.55. The molecule has 0 spiro atoms. The van der Waals surface area contributed by atoms with Crippen molar-refractivity contribution in [3.05, 3.63) is 58.1 Å². The zero-order chi connectivity index (χ0) is 22.7. The molecule has 0 aromatic heterocycles. The van der Waals surface area contributed by atoms with Crippen LogP contribution in [0, 0.1) is 10.1 Å². The van der Waals surface area contributed by atoms with Gasteiger partial charge in [-0.05, 0) is 30.3 Å². The smallest absolute Gasteiger partial charge is 0.416 e. The first-order valence-electron chi connectivity index (χ1n) is 8.10. The SMILES string of the molecule is COc1ccc([N+](=O)[O-])cc1NC(=O)CN(c1ccc(C(F)(F)F)cc1)S(C)(=O)=O. The van der Waals surface area contributed by atoms with E-state index in [1.165, 1.54) is 13.2 Å². The zero-order valence-corrected chi connectivity index (χ0v) is 16.5. The Morgan fingerprint density at radius 3 is 2.27 bits per heavy atom. The maximum absolute atomic E-state index is 12.7. The van der Waals surface area contributed by atoms with Crippen molar-refractivity contribution in [3.8, 4) is 5.75 Å². The van der Waals surface area contributed by atoms with Gasteiger partial charge >= 0.3 is 6.18 Å². The Hall–Kier alpha value is -3.35. The van der Waals surface area contributed by atoms with Crippen molar-refractivity contribution in [2.75, 3.05) is 29.5 Å². The standard InChI is InChI=1S/C17H16F3N3O6S/c1-29-15-8-7-13(23(25)26)9-14(15)21-16(24)10-22(30(2,27)28)12-5-3-11(4-6-12)17(18,19)20/h3-9H,10H2,1-2H3,(H,21,24). The lowest BCUT2D eigenvalue weighted by Gasteiger charge is -2.22. The van der Waals surface area contributed by atoms with E-state index < -0.39 is 39.1 Å². The summed E-state index contributed by atoms with van der Waals surface area (Å²) in [6.45, 7) is -0.782. The molecule has 0 radical (unpaired) electrons. The summed E-state index contributed by atoms with van der Waals surface area (Å²) in [5.41, 5.74) is -1.55. The molecule has 0 aliphatic rings. The fourth-order valence-corrected chi connectivity index (χ4v) is 3.30. The molecule has 162 valence electrons. The molecular weight excluding hydrogens is 431 g/mol. The summed E-state index contributed by atoms with van der Waals surface area (Å²) in [4.78, 5) is 22.6. The number of hydrogen-bond donors (Lipinski definition) is 1. The Balaban J connectivity index is 2.29. The van der Waals surface area contributed by atoms with Gasteiger partial charge in [-0.1, -0.05) is 0 Å². The van der Waals surface area contributed by atoms with Gasteiger partial charge in [0.15, 0.2) is 0 Å². The molecule has 0 aliphatic heterocycles. The van der Waals surface area contributed by atoms with E-state index in [1.807, 2.05) is 0 Å². The van der Waals surface area contributed by atoms with Crippen molar-refractivity contribution in [1.82, 2.24) is 0 Å². The van der Waals surface area contributed by atoms with E-state index in [4.69, 9.17) is 4.74 Å². The van der Waals surface area contributed by atoms with E-state index in [-0.39, 0.29) is 22.8 Å². The summed E-state index contributed by atoms with van der Waals surface area (Å²) in [6, 6.07) is 6.65. The summed E-state index contributed by atoms with van der Waals surface area (Å²) in [7, 11) is -2.77. The first-order chi connectivity index (χ1) is 13.8. The first kappa shape index (κ1) is 22.9. The van der Waals surface area contributed by atoms with Gasteiger partial charge in [0.25, 0.3) is 5.69 Å². The first-order valence-corrected chi connectivity index (χ1v) is 9.95. The minimum Gasteiger partial charge on any atom is -0.495 e. The van der Waals surface area contributed by atoms with E-state index >= 15 is 0 Å². The van der Waals surface area contributed by atoms with Crippen LogP contribution in [0.1, 0.15) is 5.56 Å². The molecule has 2 aromatic carbocycles. The predicted molar refractivity (Wildman–Crippen MR) is 102 cm³/mol. The number of carbonyl (C=O) groups is 1. The maximum atomic E-state index is 12.7. The average molecular weight is 447 g/mol. The highest BCUT2D eigenvalue weighted by Gasteiger charge is 2.31. The number of hydrogen-bond acceptors (Lipinski definition) is 6. The number of nitro benzene ring substituents is 1. The van der Waals surface area contributed by atoms with Crippen molar-refractivity contribution in [2.45, 2.75) is 6.18 Å². The van der Waals surface area contributed by atoms with Crippen molar-refractivity contribution in [1.29, 1.82) is 0 Å². The maximum Gasteiger partial charge on any atom is 0.416 e. The number of ether oxygens (including phenoxy) is 1. The Labute approximate surface area is 169 Å². The lowest BCUT2D eigenvalue weighted by Crippen LogP contribution is -2.37. The average Bonchev–Trinajstić information content (AvgIpc) is 2.64. The lowest BCUT2D eigenvalue weighted by atomic mass is 10.2. The van der Waals surface area contributed by atoms with Gasteiger partial charge in [0.2, 0.25) is 15.9 Å². The van der Waals surface area contributed by atoms with Crippen LogP contribution < -0.4 is 14.4 Å². The number of sulfonamides is 1. The van der Waals surface area contributed by atoms with Gasteiger partial charge in [-0.3, -0.25) is 19.2 Å². The summed E-state index contributed by atoms with van der Waals surface area (Å²) in [5.74, 6) is -0.798. The molecule has 0 aliphatic carbocycles. The number of non-ortho nitro benzene ring substituents is 1. The number of amides is 1. The summed E-state index contributed by atoms with van der Waals surface area (Å²) in [5, 5.41) is 13.2. The molecular formula is C17H16F3N3O6S. The highest BCUT2D eigenvalue weighted by atomic mass is 32.2. The zero-order valence-electron chi connectivity index (χ0n) is 15.6. The molecule has 0 heterocycles. The molecule has 0 bridgehead atoms. The van der Waals surface area contributed by atoms with Crippen LogP contribution in [0.2, 0.25) is 0 Å². The number of benzene rings is 2. The molecule has 2 aromatic rings. The Morgan fingerprint density at radius 1 is 1.20 bits per heavy atom. The number of nitrogens with one attached hydrogen (secondary N) is 1. The van der Waals surface area contributed by atoms with Crippen LogP contribution in [0.25, 0.3) is 0 Å². The molecule has 1 amide bonds. The van der Waals surface area contributed by atoms with Gasteiger partial charge in [0, 0.05) is 12.1 Å². The summed E-state index contributed by atoms with van der Waals surface area (Å²) in [6.07, 6.45) is -3.82. The molecule has 0 unspecified atom stereocenters. The monoisotopic (exact) mass is 447 g/mol. The van der Waals surface area contributed by atoms with Gasteiger partial charge in [0.05, 0.1) is 35.2 Å². The van der Waals surface area contributed by atoms with Gasteiger partial charge in [-0.25, -0.2) is 8.42 Å². The third-order valence-electron chi connectivity index (χ3n) is 3.84. The second-order valence-corrected chi connectivity index (χ2v) is 7.91. The fourth-order valence-electron chi connectivity index (χ4n) is 2.44. The minimum atomic E-state index is -4.61. The molecule has 9 nitrogen and oxygen atoms in total.